The van der Waals surface area contributed by atoms with Gasteiger partial charge in [-0.15, -0.1) is 0 Å². The summed E-state index contributed by atoms with van der Waals surface area (Å²) in [5.41, 5.74) is 24.5. The van der Waals surface area contributed by atoms with E-state index in [0.717, 1.165) is 157 Å². The van der Waals surface area contributed by atoms with E-state index in [-0.39, 0.29) is 23.3 Å². The number of rotatable bonds is 20. The Balaban J connectivity index is 0.748. The van der Waals surface area contributed by atoms with Crippen molar-refractivity contribution in [2.24, 2.45) is 0 Å². The summed E-state index contributed by atoms with van der Waals surface area (Å²) in [7, 11) is 0. The van der Waals surface area contributed by atoms with Crippen LogP contribution in [0.25, 0.3) is 73.4 Å². The van der Waals surface area contributed by atoms with Gasteiger partial charge in [0.25, 0.3) is 0 Å². The lowest BCUT2D eigenvalue weighted by atomic mass is 9.67. The zero-order valence-electron chi connectivity index (χ0n) is 62.6. The van der Waals surface area contributed by atoms with Crippen molar-refractivity contribution in [2.45, 2.75) is 24.7 Å². The molecule has 0 bridgehead atoms. The molecule has 114 heavy (non-hydrogen) atoms. The fourth-order valence-electron chi connectivity index (χ4n) is 16.9. The predicted octanol–water partition coefficient (Wildman–Crippen LogP) is 29.1. The molecule has 0 aliphatic heterocycles. The lowest BCUT2D eigenvalue weighted by Gasteiger charge is -2.35. The number of hydrogen-bond acceptors (Lipinski definition) is 4. The van der Waals surface area contributed by atoms with Crippen LogP contribution in [0.4, 0.5) is 51.7 Å². The van der Waals surface area contributed by atoms with Gasteiger partial charge in [-0.1, -0.05) is 226 Å². The number of halogens is 4. The minimum atomic E-state index is -1.04. The molecule has 0 amide bonds. The van der Waals surface area contributed by atoms with Crippen LogP contribution >= 0.6 is 0 Å². The van der Waals surface area contributed by atoms with Gasteiger partial charge in [0.05, 0.1) is 10.8 Å². The summed E-state index contributed by atoms with van der Waals surface area (Å²) in [5, 5.41) is 0. The van der Waals surface area contributed by atoms with Crippen molar-refractivity contribution in [3.63, 3.8) is 0 Å². The molecule has 2 aliphatic rings. The number of fused-ring (bicyclic) bond motifs is 6. The second-order valence-corrected chi connectivity index (χ2v) is 29.2. The molecular formula is C106H74F4N2O2. The highest BCUT2D eigenvalue weighted by Crippen LogP contribution is 2.60. The fraction of sp³-hybridized carbons (Fsp3) is 0.0377. The van der Waals surface area contributed by atoms with E-state index in [1.165, 1.54) is 24.3 Å². The number of allylic oxidation sites excluding steroid dienone is 1. The Morgan fingerprint density at radius 2 is 0.596 bits per heavy atom. The van der Waals surface area contributed by atoms with E-state index >= 15 is 8.78 Å². The normalized spacial score (nSPS) is 14.2. The molecule has 2 atom stereocenters. The van der Waals surface area contributed by atoms with Crippen molar-refractivity contribution in [1.29, 1.82) is 0 Å². The van der Waals surface area contributed by atoms with Gasteiger partial charge in [0.1, 0.15) is 46.3 Å². The standard InChI is InChI=1S/C106H74F4N2O2/c1-6-70-16-50-93(51-17-70)113-95-54-32-79(33-55-95)105(81-60-69(5)61-85(109)64-81)101-14-10-8-12-97(101)99-58-48-91(66-103(99)105)111(87-40-24-74(25-41-87)72-20-36-83(107)37-21-72)89-44-28-76(29-45-89)77-30-46-90(47-31-77)112(88-42-26-75(27-43-88)73-22-38-84(108)39-23-73)92-49-59-100-98-13-9-11-15-102(98)106(104(100)67-92,82-62-78(68(3)4)63-86(110)65-82)80-34-56-96(57-35-80)114-94-52-18-71(7-2)19-53-94/h6-67H,1-3H2,4-5H3. The lowest BCUT2D eigenvalue weighted by Crippen LogP contribution is -2.29. The largest absolute Gasteiger partial charge is 0.457 e. The minimum absolute atomic E-state index is 0.305. The van der Waals surface area contributed by atoms with Gasteiger partial charge in [-0.3, -0.25) is 0 Å². The van der Waals surface area contributed by atoms with Gasteiger partial charge < -0.3 is 19.3 Å². The second kappa shape index (κ2) is 29.5. The summed E-state index contributed by atoms with van der Waals surface area (Å²) in [6.07, 6.45) is 3.60. The molecule has 18 rings (SSSR count). The first-order valence-corrected chi connectivity index (χ1v) is 38.0. The van der Waals surface area contributed by atoms with Crippen LogP contribution < -0.4 is 19.3 Å². The molecule has 0 fully saturated rings. The first-order valence-electron chi connectivity index (χ1n) is 38.0. The maximum atomic E-state index is 16.7. The van der Waals surface area contributed by atoms with Crippen LogP contribution in [-0.2, 0) is 10.8 Å². The van der Waals surface area contributed by atoms with Crippen LogP contribution in [0.3, 0.4) is 0 Å². The van der Waals surface area contributed by atoms with Gasteiger partial charge in [-0.2, -0.15) is 0 Å². The lowest BCUT2D eigenvalue weighted by molar-refractivity contribution is 0.482. The molecule has 0 spiro atoms. The third-order valence-electron chi connectivity index (χ3n) is 22.3. The smallest absolute Gasteiger partial charge is 0.127 e. The summed E-state index contributed by atoms with van der Waals surface area (Å²) >= 11 is 0. The molecule has 548 valence electrons. The number of hydrogen-bond donors (Lipinski definition) is 0. The van der Waals surface area contributed by atoms with Gasteiger partial charge in [-0.25, -0.2) is 17.6 Å². The Kier molecular flexibility index (Phi) is 18.4. The summed E-state index contributed by atoms with van der Waals surface area (Å²) in [4.78, 5) is 4.51. The minimum Gasteiger partial charge on any atom is -0.457 e. The highest BCUT2D eigenvalue weighted by Gasteiger charge is 2.49. The Bertz CT molecular complexity index is 6340. The molecule has 2 unspecified atom stereocenters. The van der Waals surface area contributed by atoms with E-state index in [4.69, 9.17) is 9.47 Å². The highest BCUT2D eigenvalue weighted by molar-refractivity contribution is 5.93. The predicted molar refractivity (Wildman–Crippen MR) is 459 cm³/mol. The van der Waals surface area contributed by atoms with Crippen molar-refractivity contribution in [1.82, 2.24) is 0 Å². The van der Waals surface area contributed by atoms with Crippen LogP contribution in [0.15, 0.2) is 384 Å². The fourth-order valence-corrected chi connectivity index (χ4v) is 16.9. The zero-order valence-corrected chi connectivity index (χ0v) is 62.6. The van der Waals surface area contributed by atoms with Gasteiger partial charge in [0, 0.05) is 34.1 Å². The number of anilines is 6. The Morgan fingerprint density at radius 1 is 0.289 bits per heavy atom. The third-order valence-corrected chi connectivity index (χ3v) is 22.3. The Hall–Kier alpha value is -14.3. The Morgan fingerprint density at radius 3 is 0.939 bits per heavy atom. The van der Waals surface area contributed by atoms with E-state index in [9.17, 15) is 8.78 Å². The van der Waals surface area contributed by atoms with Crippen molar-refractivity contribution in [3.05, 3.63) is 474 Å². The Labute approximate surface area is 661 Å². The van der Waals surface area contributed by atoms with Crippen LogP contribution in [0.1, 0.15) is 73.7 Å². The van der Waals surface area contributed by atoms with Crippen LogP contribution in [0.2, 0.25) is 0 Å². The molecule has 0 saturated carbocycles. The van der Waals surface area contributed by atoms with Crippen molar-refractivity contribution in [3.8, 4) is 78.6 Å². The van der Waals surface area contributed by atoms with Crippen LogP contribution in [-0.4, -0.2) is 0 Å². The van der Waals surface area contributed by atoms with Crippen molar-refractivity contribution in [2.75, 3.05) is 9.80 Å². The third kappa shape index (κ3) is 12.9. The maximum Gasteiger partial charge on any atom is 0.127 e. The molecule has 0 saturated heterocycles. The molecule has 16 aromatic rings. The van der Waals surface area contributed by atoms with Gasteiger partial charge in [-0.05, 0) is 312 Å². The summed E-state index contributed by atoms with van der Waals surface area (Å²) in [6.45, 7) is 16.0. The molecule has 8 heteroatoms. The second-order valence-electron chi connectivity index (χ2n) is 29.2. The SMILES string of the molecule is C=Cc1ccc(Oc2ccc(C3(c4cc(C)cc(F)c4)c4ccccc4-c4ccc(N(c5ccc(-c6ccc(F)cc6)cc5)c5ccc(-c6ccc(N(c7ccc(-c8ccc(F)cc8)cc7)c7ccc8c(c7)C(c7ccc(Oc9ccc(C=C)cc9)cc7)(c7cc(F)cc(C(=C)C)c7)c7ccccc7-8)cc6)cc5)cc43)cc2)cc1. The molecule has 0 radical (unpaired) electrons. The number of nitrogens with zero attached hydrogens (tertiary/aromatic N) is 2. The summed E-state index contributed by atoms with van der Waals surface area (Å²) in [5.74, 6) is 1.36. The molecular weight excluding hydrogens is 1410 g/mol. The van der Waals surface area contributed by atoms with Crippen LogP contribution in [0, 0.1) is 30.2 Å². The summed E-state index contributed by atoms with van der Waals surface area (Å²) < 4.78 is 74.6. The average molecular weight is 1480 g/mol. The zero-order chi connectivity index (χ0) is 77.8. The van der Waals surface area contributed by atoms with Crippen molar-refractivity contribution >= 4 is 51.8 Å². The maximum absolute atomic E-state index is 16.7. The topological polar surface area (TPSA) is 24.9 Å². The number of aryl methyl sites for hydroxylation is 1. The molecule has 0 heterocycles. The first kappa shape index (κ1) is 71.3. The van der Waals surface area contributed by atoms with E-state index in [0.29, 0.717) is 28.6 Å². The number of ether oxygens (including phenoxy) is 2. The highest BCUT2D eigenvalue weighted by atomic mass is 19.1. The molecule has 0 aromatic heterocycles. The van der Waals surface area contributed by atoms with E-state index in [1.54, 1.807) is 60.7 Å². The van der Waals surface area contributed by atoms with Crippen LogP contribution in [0.5, 0.6) is 23.0 Å². The van der Waals surface area contributed by atoms with Gasteiger partial charge >= 0.3 is 0 Å². The quantitative estimate of drug-likeness (QED) is 0.0710. The van der Waals surface area contributed by atoms with E-state index in [1.807, 2.05) is 86.6 Å². The number of benzene rings is 16. The van der Waals surface area contributed by atoms with Crippen molar-refractivity contribution < 1.29 is 27.0 Å². The van der Waals surface area contributed by atoms with E-state index < -0.39 is 10.8 Å². The first-order chi connectivity index (χ1) is 55.7. The molecule has 2 aliphatic carbocycles. The monoisotopic (exact) mass is 1480 g/mol. The van der Waals surface area contributed by atoms with Gasteiger partial charge in [0.2, 0.25) is 0 Å². The molecule has 4 nitrogen and oxygen atoms in total. The molecule has 0 N–H and O–H groups in total. The van der Waals surface area contributed by atoms with Gasteiger partial charge in [0.15, 0.2) is 0 Å². The summed E-state index contributed by atoms with van der Waals surface area (Å²) in [6, 6.07) is 120. The average Bonchev–Trinajstić information content (AvgIpc) is 1.53. The van der Waals surface area contributed by atoms with E-state index in [2.05, 4.69) is 248 Å². The molecule has 16 aromatic carbocycles.